The molecular formula is C16H15ClN2O6S. The monoisotopic (exact) mass is 398 g/mol. The van der Waals surface area contributed by atoms with Crippen LogP contribution in [0.2, 0.25) is 5.02 Å². The van der Waals surface area contributed by atoms with Crippen LogP contribution in [0.25, 0.3) is 0 Å². The van der Waals surface area contributed by atoms with Crippen molar-refractivity contribution in [3.05, 3.63) is 63.7 Å². The lowest BCUT2D eigenvalue weighted by molar-refractivity contribution is -0.384. The van der Waals surface area contributed by atoms with E-state index in [-0.39, 0.29) is 27.9 Å². The topological polar surface area (TPSA) is 107 Å². The molecule has 2 aromatic rings. The molecule has 0 aliphatic heterocycles. The van der Waals surface area contributed by atoms with Crippen LogP contribution in [0.1, 0.15) is 6.92 Å². The van der Waals surface area contributed by atoms with Crippen molar-refractivity contribution in [3.63, 3.8) is 0 Å². The molecule has 26 heavy (non-hydrogen) atoms. The van der Waals surface area contributed by atoms with Crippen molar-refractivity contribution in [2.45, 2.75) is 11.8 Å². The normalized spacial score (nSPS) is 11.0. The predicted molar refractivity (Wildman–Crippen MR) is 95.7 cm³/mol. The van der Waals surface area contributed by atoms with Crippen LogP contribution in [0.4, 0.5) is 11.4 Å². The lowest BCUT2D eigenvalue weighted by Gasteiger charge is -2.24. The number of sulfonamides is 1. The Balaban J connectivity index is 2.50. The minimum Gasteiger partial charge on any atom is -0.465 e. The van der Waals surface area contributed by atoms with Crippen molar-refractivity contribution in [2.75, 3.05) is 17.5 Å². The van der Waals surface area contributed by atoms with Gasteiger partial charge in [-0.2, -0.15) is 0 Å². The maximum absolute atomic E-state index is 13.0. The van der Waals surface area contributed by atoms with E-state index in [9.17, 15) is 23.3 Å². The molecular weight excluding hydrogens is 384 g/mol. The third kappa shape index (κ3) is 4.30. The van der Waals surface area contributed by atoms with Gasteiger partial charge < -0.3 is 4.74 Å². The number of para-hydroxylation sites is 1. The number of nitrogens with zero attached hydrogens (tertiary/aromatic N) is 2. The van der Waals surface area contributed by atoms with Crippen LogP contribution in [-0.4, -0.2) is 32.5 Å². The molecule has 10 heteroatoms. The van der Waals surface area contributed by atoms with E-state index < -0.39 is 27.5 Å². The third-order valence-corrected chi connectivity index (χ3v) is 5.43. The first-order valence-electron chi connectivity index (χ1n) is 7.44. The van der Waals surface area contributed by atoms with E-state index in [2.05, 4.69) is 0 Å². The number of benzene rings is 2. The summed E-state index contributed by atoms with van der Waals surface area (Å²) < 4.78 is 31.6. The minimum absolute atomic E-state index is 0.0901. The number of rotatable bonds is 7. The summed E-state index contributed by atoms with van der Waals surface area (Å²) in [4.78, 5) is 21.8. The molecule has 0 radical (unpaired) electrons. The second-order valence-corrected chi connectivity index (χ2v) is 7.29. The summed E-state index contributed by atoms with van der Waals surface area (Å²) in [5.41, 5.74) is -0.154. The molecule has 0 aliphatic rings. The maximum atomic E-state index is 13.0. The van der Waals surface area contributed by atoms with Gasteiger partial charge in [-0.1, -0.05) is 23.7 Å². The lowest BCUT2D eigenvalue weighted by atomic mass is 10.3. The number of halogens is 1. The standard InChI is InChI=1S/C16H15ClN2O6S/c1-2-25-16(20)11-18(15-6-4-3-5-14(15)17)26(23,24)13-9-7-12(8-10-13)19(21)22/h3-10H,2,11H2,1H3. The van der Waals surface area contributed by atoms with Gasteiger partial charge in [-0.3, -0.25) is 19.2 Å². The molecule has 2 aromatic carbocycles. The highest BCUT2D eigenvalue weighted by Crippen LogP contribution is 2.30. The number of esters is 1. The summed E-state index contributed by atoms with van der Waals surface area (Å²) in [5, 5.41) is 10.9. The Kier molecular flexibility index (Phi) is 6.17. The molecule has 0 aromatic heterocycles. The number of non-ortho nitro benzene ring substituents is 1. The minimum atomic E-state index is -4.21. The van der Waals surface area contributed by atoms with E-state index in [1.807, 2.05) is 0 Å². The van der Waals surface area contributed by atoms with Crippen LogP contribution in [0, 0.1) is 10.1 Å². The molecule has 138 valence electrons. The number of ether oxygens (including phenoxy) is 1. The highest BCUT2D eigenvalue weighted by atomic mass is 35.5. The van der Waals surface area contributed by atoms with Crippen molar-refractivity contribution in [1.29, 1.82) is 0 Å². The molecule has 0 unspecified atom stereocenters. The quantitative estimate of drug-likeness (QED) is 0.403. The van der Waals surface area contributed by atoms with Crippen molar-refractivity contribution < 1.29 is 22.9 Å². The Morgan fingerprint density at radius 2 is 1.81 bits per heavy atom. The first-order valence-corrected chi connectivity index (χ1v) is 9.26. The first kappa shape index (κ1) is 19.7. The SMILES string of the molecule is CCOC(=O)CN(c1ccccc1Cl)S(=O)(=O)c1ccc([N+](=O)[O-])cc1. The molecule has 0 heterocycles. The Morgan fingerprint density at radius 3 is 2.35 bits per heavy atom. The first-order chi connectivity index (χ1) is 12.3. The van der Waals surface area contributed by atoms with Crippen LogP contribution in [0.15, 0.2) is 53.4 Å². The second-order valence-electron chi connectivity index (χ2n) is 5.02. The Hall–Kier alpha value is -2.65. The fourth-order valence-corrected chi connectivity index (χ4v) is 3.86. The molecule has 0 bridgehead atoms. The lowest BCUT2D eigenvalue weighted by Crippen LogP contribution is -2.36. The van der Waals surface area contributed by atoms with Crippen LogP contribution in [-0.2, 0) is 19.6 Å². The summed E-state index contributed by atoms with van der Waals surface area (Å²) in [6.07, 6.45) is 0. The van der Waals surface area contributed by atoms with Crippen LogP contribution in [0.3, 0.4) is 0 Å². The van der Waals surface area contributed by atoms with Gasteiger partial charge in [0.2, 0.25) is 0 Å². The summed E-state index contributed by atoms with van der Waals surface area (Å²) in [7, 11) is -4.21. The fraction of sp³-hybridized carbons (Fsp3) is 0.188. The number of anilines is 1. The van der Waals surface area contributed by atoms with E-state index in [1.165, 1.54) is 12.1 Å². The van der Waals surface area contributed by atoms with E-state index >= 15 is 0 Å². The van der Waals surface area contributed by atoms with Gasteiger partial charge >= 0.3 is 5.97 Å². The van der Waals surface area contributed by atoms with Gasteiger partial charge in [0, 0.05) is 12.1 Å². The van der Waals surface area contributed by atoms with Crippen molar-refractivity contribution >= 4 is 39.0 Å². The summed E-state index contributed by atoms with van der Waals surface area (Å²) in [6, 6.07) is 10.5. The van der Waals surface area contributed by atoms with Gasteiger partial charge in [-0.05, 0) is 31.2 Å². The maximum Gasteiger partial charge on any atom is 0.326 e. The van der Waals surface area contributed by atoms with E-state index in [1.54, 1.807) is 19.1 Å². The van der Waals surface area contributed by atoms with Gasteiger partial charge in [-0.25, -0.2) is 8.42 Å². The molecule has 0 atom stereocenters. The largest absolute Gasteiger partial charge is 0.465 e. The molecule has 0 saturated carbocycles. The van der Waals surface area contributed by atoms with Gasteiger partial charge in [0.05, 0.1) is 27.1 Å². The van der Waals surface area contributed by atoms with Crippen molar-refractivity contribution in [2.24, 2.45) is 0 Å². The summed E-state index contributed by atoms with van der Waals surface area (Å²) in [5.74, 6) is -0.752. The van der Waals surface area contributed by atoms with E-state index in [0.717, 1.165) is 28.6 Å². The average molecular weight is 399 g/mol. The smallest absolute Gasteiger partial charge is 0.326 e. The van der Waals surface area contributed by atoms with Crippen LogP contribution >= 0.6 is 11.6 Å². The molecule has 0 amide bonds. The molecule has 0 fully saturated rings. The summed E-state index contributed by atoms with van der Waals surface area (Å²) in [6.45, 7) is 1.10. The molecule has 0 aliphatic carbocycles. The highest BCUT2D eigenvalue weighted by Gasteiger charge is 2.29. The summed E-state index contributed by atoms with van der Waals surface area (Å²) >= 11 is 6.09. The van der Waals surface area contributed by atoms with E-state index in [4.69, 9.17) is 16.3 Å². The molecule has 0 saturated heterocycles. The van der Waals surface area contributed by atoms with Crippen LogP contribution < -0.4 is 4.31 Å². The number of nitro benzene ring substituents is 1. The zero-order valence-electron chi connectivity index (χ0n) is 13.7. The molecule has 0 spiro atoms. The predicted octanol–water partition coefficient (Wildman–Crippen LogP) is 3.01. The average Bonchev–Trinajstić information content (AvgIpc) is 2.60. The number of nitro groups is 1. The number of carbonyl (C=O) groups is 1. The third-order valence-electron chi connectivity index (χ3n) is 3.33. The van der Waals surface area contributed by atoms with Gasteiger partial charge in [0.1, 0.15) is 6.54 Å². The Labute approximate surface area is 155 Å². The number of hydrogen-bond acceptors (Lipinski definition) is 6. The highest BCUT2D eigenvalue weighted by molar-refractivity contribution is 7.92. The molecule has 8 nitrogen and oxygen atoms in total. The molecule has 0 N–H and O–H groups in total. The fourth-order valence-electron chi connectivity index (χ4n) is 2.14. The Morgan fingerprint density at radius 1 is 1.19 bits per heavy atom. The molecule has 2 rings (SSSR count). The number of carbonyl (C=O) groups excluding carboxylic acids is 1. The Bertz CT molecular complexity index is 915. The second kappa shape index (κ2) is 8.15. The zero-order chi connectivity index (χ0) is 19.3. The van der Waals surface area contributed by atoms with Crippen LogP contribution in [0.5, 0.6) is 0 Å². The van der Waals surface area contributed by atoms with E-state index in [0.29, 0.717) is 0 Å². The van der Waals surface area contributed by atoms with Crippen molar-refractivity contribution in [3.8, 4) is 0 Å². The van der Waals surface area contributed by atoms with Gasteiger partial charge in [-0.15, -0.1) is 0 Å². The van der Waals surface area contributed by atoms with Gasteiger partial charge in [0.25, 0.3) is 15.7 Å². The zero-order valence-corrected chi connectivity index (χ0v) is 15.2. The number of hydrogen-bond donors (Lipinski definition) is 0. The van der Waals surface area contributed by atoms with Crippen molar-refractivity contribution in [1.82, 2.24) is 0 Å². The van der Waals surface area contributed by atoms with Gasteiger partial charge in [0.15, 0.2) is 0 Å².